The number of piperidine rings is 1. The van der Waals surface area contributed by atoms with Crippen molar-refractivity contribution in [1.82, 2.24) is 4.31 Å². The first-order chi connectivity index (χ1) is 9.87. The fourth-order valence-electron chi connectivity index (χ4n) is 2.66. The van der Waals surface area contributed by atoms with Crippen molar-refractivity contribution in [3.8, 4) is 0 Å². The van der Waals surface area contributed by atoms with Crippen molar-refractivity contribution in [2.75, 3.05) is 6.54 Å². The Morgan fingerprint density at radius 1 is 1.43 bits per heavy atom. The average Bonchev–Trinajstić information content (AvgIpc) is 2.46. The Labute approximate surface area is 129 Å². The van der Waals surface area contributed by atoms with Gasteiger partial charge in [-0.2, -0.15) is 4.31 Å². The number of carboxylic acid groups (broad SMARTS) is 1. The van der Waals surface area contributed by atoms with Crippen molar-refractivity contribution >= 4 is 27.6 Å². The van der Waals surface area contributed by atoms with E-state index in [0.717, 1.165) is 25.7 Å². The second-order valence-corrected chi connectivity index (χ2v) is 7.42. The zero-order valence-corrected chi connectivity index (χ0v) is 13.3. The number of hydrogen-bond acceptors (Lipinski definition) is 3. The molecule has 1 atom stereocenters. The van der Waals surface area contributed by atoms with Gasteiger partial charge in [-0.3, -0.25) is 0 Å². The van der Waals surface area contributed by atoms with Gasteiger partial charge in [0.2, 0.25) is 10.0 Å². The van der Waals surface area contributed by atoms with Crippen LogP contribution in [0.5, 0.6) is 0 Å². The average molecular weight is 332 g/mol. The molecule has 0 aliphatic carbocycles. The summed E-state index contributed by atoms with van der Waals surface area (Å²) in [5.74, 6) is -1.17. The Balaban J connectivity index is 2.39. The fourth-order valence-corrected chi connectivity index (χ4v) is 4.78. The molecule has 1 aromatic rings. The van der Waals surface area contributed by atoms with Gasteiger partial charge in [0.05, 0.1) is 15.5 Å². The molecule has 2 rings (SSSR count). The van der Waals surface area contributed by atoms with Crippen molar-refractivity contribution in [2.24, 2.45) is 0 Å². The van der Waals surface area contributed by atoms with Crippen molar-refractivity contribution < 1.29 is 18.3 Å². The van der Waals surface area contributed by atoms with Crippen LogP contribution in [0.25, 0.3) is 0 Å². The minimum absolute atomic E-state index is 0.00155. The van der Waals surface area contributed by atoms with Crippen LogP contribution < -0.4 is 0 Å². The number of aromatic carboxylic acids is 1. The van der Waals surface area contributed by atoms with E-state index in [1.54, 1.807) is 0 Å². The lowest BCUT2D eigenvalue weighted by molar-refractivity contribution is 0.0697. The summed E-state index contributed by atoms with van der Waals surface area (Å²) in [6, 6.07) is 3.78. The van der Waals surface area contributed by atoms with E-state index in [1.165, 1.54) is 22.5 Å². The normalized spacial score (nSPS) is 20.4. The zero-order chi connectivity index (χ0) is 15.6. The summed E-state index contributed by atoms with van der Waals surface area (Å²) < 4.78 is 26.9. The van der Waals surface area contributed by atoms with Gasteiger partial charge in [-0.25, -0.2) is 13.2 Å². The lowest BCUT2D eigenvalue weighted by Gasteiger charge is -2.34. The third-order valence-corrected chi connectivity index (χ3v) is 6.08. The summed E-state index contributed by atoms with van der Waals surface area (Å²) in [5, 5.41) is 8.88. The molecule has 1 heterocycles. The van der Waals surface area contributed by atoms with Crippen LogP contribution in [0.1, 0.15) is 43.0 Å². The van der Waals surface area contributed by atoms with E-state index in [0.29, 0.717) is 6.54 Å². The van der Waals surface area contributed by atoms with Gasteiger partial charge in [0.15, 0.2) is 0 Å². The number of hydrogen-bond donors (Lipinski definition) is 1. The molecule has 1 unspecified atom stereocenters. The van der Waals surface area contributed by atoms with E-state index < -0.39 is 16.0 Å². The van der Waals surface area contributed by atoms with Crippen LogP contribution >= 0.6 is 11.6 Å². The molecule has 1 N–H and O–H groups in total. The van der Waals surface area contributed by atoms with Gasteiger partial charge < -0.3 is 5.11 Å². The van der Waals surface area contributed by atoms with Crippen LogP contribution in [-0.4, -0.2) is 36.4 Å². The summed E-state index contributed by atoms with van der Waals surface area (Å²) >= 11 is 5.88. The maximum atomic E-state index is 12.7. The summed E-state index contributed by atoms with van der Waals surface area (Å²) in [5.41, 5.74) is -0.0960. The van der Waals surface area contributed by atoms with Crippen molar-refractivity contribution in [1.29, 1.82) is 0 Å². The SMILES string of the molecule is CCC1CCCCN1S(=O)(=O)c1ccc(C(=O)O)c(Cl)c1. The fraction of sp³-hybridized carbons (Fsp3) is 0.500. The van der Waals surface area contributed by atoms with Crippen molar-refractivity contribution in [3.05, 3.63) is 28.8 Å². The Hall–Kier alpha value is -1.11. The van der Waals surface area contributed by atoms with Crippen LogP contribution in [0.2, 0.25) is 5.02 Å². The van der Waals surface area contributed by atoms with E-state index in [1.807, 2.05) is 6.92 Å². The number of rotatable bonds is 4. The third-order valence-electron chi connectivity index (χ3n) is 3.82. The summed E-state index contributed by atoms with van der Waals surface area (Å²) in [4.78, 5) is 11.0. The van der Waals surface area contributed by atoms with Crippen LogP contribution in [0.4, 0.5) is 0 Å². The first kappa shape index (κ1) is 16.3. The van der Waals surface area contributed by atoms with Crippen LogP contribution in [0, 0.1) is 0 Å². The van der Waals surface area contributed by atoms with E-state index in [2.05, 4.69) is 0 Å². The van der Waals surface area contributed by atoms with Crippen molar-refractivity contribution in [2.45, 2.75) is 43.5 Å². The van der Waals surface area contributed by atoms with Gasteiger partial charge in [-0.05, 0) is 37.5 Å². The van der Waals surface area contributed by atoms with Crippen LogP contribution in [0.15, 0.2) is 23.1 Å². The molecule has 116 valence electrons. The summed E-state index contributed by atoms with van der Waals surface area (Å²) in [6.45, 7) is 2.47. The highest BCUT2D eigenvalue weighted by Crippen LogP contribution is 2.29. The molecule has 1 aromatic carbocycles. The summed E-state index contributed by atoms with van der Waals surface area (Å²) in [6.07, 6.45) is 3.50. The molecule has 1 aliphatic rings. The number of carboxylic acids is 1. The molecule has 0 spiro atoms. The first-order valence-corrected chi connectivity index (χ1v) is 8.74. The maximum Gasteiger partial charge on any atom is 0.337 e. The van der Waals surface area contributed by atoms with Gasteiger partial charge in [-0.1, -0.05) is 24.9 Å². The highest BCUT2D eigenvalue weighted by Gasteiger charge is 2.32. The van der Waals surface area contributed by atoms with Crippen LogP contribution in [0.3, 0.4) is 0 Å². The molecule has 21 heavy (non-hydrogen) atoms. The maximum absolute atomic E-state index is 12.7. The molecule has 0 amide bonds. The minimum Gasteiger partial charge on any atom is -0.478 e. The number of carbonyl (C=O) groups is 1. The van der Waals surface area contributed by atoms with Gasteiger partial charge in [-0.15, -0.1) is 0 Å². The Morgan fingerprint density at radius 3 is 2.71 bits per heavy atom. The summed E-state index contributed by atoms with van der Waals surface area (Å²) in [7, 11) is -3.63. The smallest absolute Gasteiger partial charge is 0.337 e. The number of sulfonamides is 1. The third kappa shape index (κ3) is 3.22. The molecular weight excluding hydrogens is 314 g/mol. The molecule has 7 heteroatoms. The quantitative estimate of drug-likeness (QED) is 0.920. The Morgan fingerprint density at radius 2 is 2.14 bits per heavy atom. The van der Waals surface area contributed by atoms with E-state index in [4.69, 9.17) is 16.7 Å². The van der Waals surface area contributed by atoms with E-state index >= 15 is 0 Å². The predicted octanol–water partition coefficient (Wildman–Crippen LogP) is 2.99. The molecule has 0 radical (unpaired) electrons. The molecule has 0 saturated carbocycles. The predicted molar refractivity (Wildman–Crippen MR) is 80.2 cm³/mol. The molecular formula is C14H18ClNO4S. The van der Waals surface area contributed by atoms with Crippen LogP contribution in [-0.2, 0) is 10.0 Å². The Bertz CT molecular complexity index is 644. The largest absolute Gasteiger partial charge is 0.478 e. The number of benzene rings is 1. The van der Waals surface area contributed by atoms with E-state index in [-0.39, 0.29) is 21.5 Å². The molecule has 1 aliphatic heterocycles. The minimum atomic E-state index is -3.63. The second-order valence-electron chi connectivity index (χ2n) is 5.12. The zero-order valence-electron chi connectivity index (χ0n) is 11.8. The first-order valence-electron chi connectivity index (χ1n) is 6.92. The monoisotopic (exact) mass is 331 g/mol. The van der Waals surface area contributed by atoms with Gasteiger partial charge in [0.1, 0.15) is 0 Å². The molecule has 1 fully saturated rings. The highest BCUT2D eigenvalue weighted by atomic mass is 35.5. The number of nitrogens with zero attached hydrogens (tertiary/aromatic N) is 1. The molecule has 1 saturated heterocycles. The van der Waals surface area contributed by atoms with Gasteiger partial charge in [0.25, 0.3) is 0 Å². The Kier molecular flexibility index (Phi) is 4.91. The topological polar surface area (TPSA) is 74.7 Å². The number of halogens is 1. The van der Waals surface area contributed by atoms with E-state index in [9.17, 15) is 13.2 Å². The van der Waals surface area contributed by atoms with Crippen molar-refractivity contribution in [3.63, 3.8) is 0 Å². The lowest BCUT2D eigenvalue weighted by atomic mass is 10.0. The highest BCUT2D eigenvalue weighted by molar-refractivity contribution is 7.89. The lowest BCUT2D eigenvalue weighted by Crippen LogP contribution is -2.43. The van der Waals surface area contributed by atoms with Gasteiger partial charge in [0, 0.05) is 12.6 Å². The second kappa shape index (κ2) is 6.34. The van der Waals surface area contributed by atoms with Gasteiger partial charge >= 0.3 is 5.97 Å². The molecule has 0 aromatic heterocycles. The standard InChI is InChI=1S/C14H18ClNO4S/c1-2-10-5-3-4-8-16(10)21(19,20)11-6-7-12(14(17)18)13(15)9-11/h6-7,9-10H,2-5,8H2,1H3,(H,17,18). The molecule has 0 bridgehead atoms. The molecule has 5 nitrogen and oxygen atoms in total.